The zero-order valence-corrected chi connectivity index (χ0v) is 12.1. The second-order valence-corrected chi connectivity index (χ2v) is 6.18. The van der Waals surface area contributed by atoms with Crippen molar-refractivity contribution in [2.24, 2.45) is 5.41 Å². The van der Waals surface area contributed by atoms with Crippen molar-refractivity contribution in [1.29, 1.82) is 0 Å². The minimum Gasteiger partial charge on any atom is -0.352 e. The lowest BCUT2D eigenvalue weighted by Crippen LogP contribution is -2.40. The largest absolute Gasteiger partial charge is 0.352 e. The van der Waals surface area contributed by atoms with Gasteiger partial charge in [0.15, 0.2) is 0 Å². The van der Waals surface area contributed by atoms with Crippen LogP contribution in [0.5, 0.6) is 0 Å². The van der Waals surface area contributed by atoms with Crippen LogP contribution in [0.15, 0.2) is 18.2 Å². The maximum absolute atomic E-state index is 12.4. The quantitative estimate of drug-likeness (QED) is 0.838. The van der Waals surface area contributed by atoms with Gasteiger partial charge >= 0.3 is 0 Å². The Bertz CT molecular complexity index is 577. The lowest BCUT2D eigenvalue weighted by Gasteiger charge is -2.16. The highest BCUT2D eigenvalue weighted by molar-refractivity contribution is 6.31. The molecule has 1 aromatic rings. The van der Waals surface area contributed by atoms with Crippen molar-refractivity contribution in [2.75, 3.05) is 5.32 Å². The van der Waals surface area contributed by atoms with Crippen molar-refractivity contribution in [1.82, 2.24) is 5.32 Å². The third kappa shape index (κ3) is 2.52. The van der Waals surface area contributed by atoms with Crippen molar-refractivity contribution in [2.45, 2.75) is 38.6 Å². The van der Waals surface area contributed by atoms with Crippen LogP contribution in [0.1, 0.15) is 31.2 Å². The number of carbonyl (C=O) groups is 2. The fourth-order valence-corrected chi connectivity index (χ4v) is 2.38. The van der Waals surface area contributed by atoms with E-state index >= 15 is 0 Å². The average molecular weight is 293 g/mol. The standard InChI is InChI=1S/C15H17ClN2O2/c1-9-2-3-10(16)8-12(9)18-14(20)15(6-7-15)13(19)17-11-4-5-11/h2-3,8,11H,4-7H2,1H3,(H,17,19)(H,18,20). The Morgan fingerprint density at radius 1 is 1.25 bits per heavy atom. The van der Waals surface area contributed by atoms with Gasteiger partial charge in [0.2, 0.25) is 11.8 Å². The van der Waals surface area contributed by atoms with E-state index in [0.29, 0.717) is 23.6 Å². The summed E-state index contributed by atoms with van der Waals surface area (Å²) in [4.78, 5) is 24.6. The van der Waals surface area contributed by atoms with Crippen LogP contribution in [-0.2, 0) is 9.59 Å². The van der Waals surface area contributed by atoms with Gasteiger partial charge in [-0.15, -0.1) is 0 Å². The van der Waals surface area contributed by atoms with Gasteiger partial charge in [0.25, 0.3) is 0 Å². The minimum atomic E-state index is -0.864. The van der Waals surface area contributed by atoms with Gasteiger partial charge < -0.3 is 10.6 Å². The molecule has 0 atom stereocenters. The molecule has 0 saturated heterocycles. The molecule has 2 aliphatic rings. The minimum absolute atomic E-state index is 0.128. The summed E-state index contributed by atoms with van der Waals surface area (Å²) in [6, 6.07) is 5.62. The number of halogens is 1. The zero-order valence-electron chi connectivity index (χ0n) is 11.3. The molecule has 4 nitrogen and oxygen atoms in total. The Morgan fingerprint density at radius 2 is 1.95 bits per heavy atom. The number of hydrogen-bond donors (Lipinski definition) is 2. The molecule has 20 heavy (non-hydrogen) atoms. The SMILES string of the molecule is Cc1ccc(Cl)cc1NC(=O)C1(C(=O)NC2CC2)CC1. The highest BCUT2D eigenvalue weighted by Gasteiger charge is 2.57. The third-order valence-electron chi connectivity index (χ3n) is 3.98. The maximum Gasteiger partial charge on any atom is 0.240 e. The molecule has 3 rings (SSSR count). The van der Waals surface area contributed by atoms with Crippen LogP contribution in [0.2, 0.25) is 5.02 Å². The highest BCUT2D eigenvalue weighted by Crippen LogP contribution is 2.47. The number of amides is 2. The van der Waals surface area contributed by atoms with E-state index in [0.717, 1.165) is 18.4 Å². The fourth-order valence-electron chi connectivity index (χ4n) is 2.20. The van der Waals surface area contributed by atoms with Crippen molar-refractivity contribution >= 4 is 29.1 Å². The number of aryl methyl sites for hydroxylation is 1. The van der Waals surface area contributed by atoms with Crippen LogP contribution in [0.3, 0.4) is 0 Å². The van der Waals surface area contributed by atoms with E-state index < -0.39 is 5.41 Å². The summed E-state index contributed by atoms with van der Waals surface area (Å²) in [6.07, 6.45) is 3.29. The molecule has 0 heterocycles. The summed E-state index contributed by atoms with van der Waals surface area (Å²) in [5, 5.41) is 6.34. The van der Waals surface area contributed by atoms with E-state index in [1.807, 2.05) is 13.0 Å². The second-order valence-electron chi connectivity index (χ2n) is 5.74. The smallest absolute Gasteiger partial charge is 0.240 e. The molecule has 0 aromatic heterocycles. The van der Waals surface area contributed by atoms with E-state index in [-0.39, 0.29) is 17.9 Å². The predicted octanol–water partition coefficient (Wildman–Crippen LogP) is 2.65. The number of benzene rings is 1. The molecule has 0 spiro atoms. The molecule has 0 unspecified atom stereocenters. The van der Waals surface area contributed by atoms with E-state index in [4.69, 9.17) is 11.6 Å². The van der Waals surface area contributed by atoms with E-state index in [9.17, 15) is 9.59 Å². The van der Waals surface area contributed by atoms with Crippen LogP contribution in [-0.4, -0.2) is 17.9 Å². The summed E-state index contributed by atoms with van der Waals surface area (Å²) in [6.45, 7) is 1.90. The molecule has 2 amide bonds. The maximum atomic E-state index is 12.4. The van der Waals surface area contributed by atoms with Gasteiger partial charge in [-0.2, -0.15) is 0 Å². The summed E-state index contributed by atoms with van der Waals surface area (Å²) < 4.78 is 0. The topological polar surface area (TPSA) is 58.2 Å². The normalized spacial score (nSPS) is 19.3. The summed E-state index contributed by atoms with van der Waals surface area (Å²) in [7, 11) is 0. The Balaban J connectivity index is 1.72. The van der Waals surface area contributed by atoms with Gasteiger partial charge in [-0.25, -0.2) is 0 Å². The number of hydrogen-bond acceptors (Lipinski definition) is 2. The number of anilines is 1. The van der Waals surface area contributed by atoms with Crippen molar-refractivity contribution in [3.63, 3.8) is 0 Å². The van der Waals surface area contributed by atoms with E-state index in [2.05, 4.69) is 10.6 Å². The Hall–Kier alpha value is -1.55. The first-order chi connectivity index (χ1) is 9.51. The molecule has 106 valence electrons. The van der Waals surface area contributed by atoms with E-state index in [1.165, 1.54) is 0 Å². The van der Waals surface area contributed by atoms with Gasteiger partial charge in [0.1, 0.15) is 5.41 Å². The monoisotopic (exact) mass is 292 g/mol. The van der Waals surface area contributed by atoms with Crippen molar-refractivity contribution in [3.05, 3.63) is 28.8 Å². The molecule has 2 fully saturated rings. The molecular weight excluding hydrogens is 276 g/mol. The van der Waals surface area contributed by atoms with Crippen LogP contribution in [0, 0.1) is 12.3 Å². The number of carbonyl (C=O) groups excluding carboxylic acids is 2. The summed E-state index contributed by atoms with van der Waals surface area (Å²) >= 11 is 5.94. The van der Waals surface area contributed by atoms with Gasteiger partial charge in [0, 0.05) is 16.8 Å². The molecule has 0 aliphatic heterocycles. The molecule has 0 bridgehead atoms. The average Bonchev–Trinajstić information content (AvgIpc) is 3.25. The van der Waals surface area contributed by atoms with Crippen LogP contribution < -0.4 is 10.6 Å². The zero-order chi connectivity index (χ0) is 14.3. The van der Waals surface area contributed by atoms with Gasteiger partial charge in [-0.3, -0.25) is 9.59 Å². The number of rotatable bonds is 4. The van der Waals surface area contributed by atoms with E-state index in [1.54, 1.807) is 12.1 Å². The molecule has 0 radical (unpaired) electrons. The van der Waals surface area contributed by atoms with Crippen LogP contribution in [0.25, 0.3) is 0 Å². The Labute approximate surface area is 122 Å². The predicted molar refractivity (Wildman–Crippen MR) is 77.7 cm³/mol. The molecule has 5 heteroatoms. The Kier molecular flexibility index (Phi) is 3.21. The lowest BCUT2D eigenvalue weighted by atomic mass is 10.0. The molecular formula is C15H17ClN2O2. The van der Waals surface area contributed by atoms with Crippen molar-refractivity contribution in [3.8, 4) is 0 Å². The fraction of sp³-hybridized carbons (Fsp3) is 0.467. The first kappa shape index (κ1) is 13.4. The van der Waals surface area contributed by atoms with Gasteiger partial charge in [-0.05, 0) is 50.3 Å². The van der Waals surface area contributed by atoms with Crippen LogP contribution in [0.4, 0.5) is 5.69 Å². The molecule has 2 saturated carbocycles. The molecule has 1 aromatic carbocycles. The summed E-state index contributed by atoms with van der Waals surface area (Å²) in [5.74, 6) is -0.349. The molecule has 2 N–H and O–H groups in total. The van der Waals surface area contributed by atoms with Gasteiger partial charge in [0.05, 0.1) is 0 Å². The number of nitrogens with one attached hydrogen (secondary N) is 2. The lowest BCUT2D eigenvalue weighted by molar-refractivity contribution is -0.134. The second kappa shape index (κ2) is 4.77. The first-order valence-electron chi connectivity index (χ1n) is 6.90. The van der Waals surface area contributed by atoms with Gasteiger partial charge in [-0.1, -0.05) is 17.7 Å². The first-order valence-corrected chi connectivity index (χ1v) is 7.28. The molecule has 2 aliphatic carbocycles. The van der Waals surface area contributed by atoms with Crippen molar-refractivity contribution < 1.29 is 9.59 Å². The summed E-state index contributed by atoms with van der Waals surface area (Å²) in [5.41, 5.74) is 0.742. The van der Waals surface area contributed by atoms with Crippen LogP contribution >= 0.6 is 11.6 Å². The highest BCUT2D eigenvalue weighted by atomic mass is 35.5. The third-order valence-corrected chi connectivity index (χ3v) is 4.21. The Morgan fingerprint density at radius 3 is 2.55 bits per heavy atom.